The van der Waals surface area contributed by atoms with Crippen LogP contribution in [0.1, 0.15) is 149 Å². The molecule has 0 bridgehead atoms. The molecule has 0 aromatic carbocycles. The van der Waals surface area contributed by atoms with Gasteiger partial charge in [0, 0.05) is 13.0 Å². The van der Waals surface area contributed by atoms with Crippen LogP contribution in [0.25, 0.3) is 0 Å². The predicted octanol–water partition coefficient (Wildman–Crippen LogP) is 9.25. The van der Waals surface area contributed by atoms with Crippen molar-refractivity contribution in [2.45, 2.75) is 155 Å². The number of hydrogen-bond donors (Lipinski definition) is 1. The van der Waals surface area contributed by atoms with Gasteiger partial charge >= 0.3 is 5.97 Å². The number of hydrogen-bond acceptors (Lipinski definition) is 4. The van der Waals surface area contributed by atoms with Gasteiger partial charge in [-0.1, -0.05) is 109 Å². The Kier molecular flexibility index (Phi) is 29.2. The van der Waals surface area contributed by atoms with Crippen LogP contribution < -0.4 is 0 Å². The second-order valence-electron chi connectivity index (χ2n) is 10.2. The van der Waals surface area contributed by atoms with Gasteiger partial charge in [0.2, 0.25) is 0 Å². The Morgan fingerprint density at radius 3 is 1.69 bits per heavy atom. The first-order valence-corrected chi connectivity index (χ1v) is 15.4. The van der Waals surface area contributed by atoms with Gasteiger partial charge < -0.3 is 14.6 Å². The van der Waals surface area contributed by atoms with Crippen molar-refractivity contribution in [1.29, 1.82) is 0 Å². The summed E-state index contributed by atoms with van der Waals surface area (Å²) in [5.41, 5.74) is 0. The molecule has 0 spiro atoms. The first-order chi connectivity index (χ1) is 17.7. The highest BCUT2D eigenvalue weighted by Crippen LogP contribution is 2.11. The minimum absolute atomic E-state index is 0.176. The Bertz CT molecular complexity index is 500. The van der Waals surface area contributed by atoms with E-state index in [-0.39, 0.29) is 12.6 Å². The Balaban J connectivity index is 3.48. The molecular weight excluding hydrogens is 448 g/mol. The molecule has 0 aliphatic carbocycles. The lowest BCUT2D eigenvalue weighted by Gasteiger charge is -2.15. The molecule has 0 aromatic heterocycles. The van der Waals surface area contributed by atoms with Crippen LogP contribution in [0.5, 0.6) is 0 Å². The third-order valence-corrected chi connectivity index (χ3v) is 6.48. The lowest BCUT2D eigenvalue weighted by atomic mass is 10.1. The zero-order valence-electron chi connectivity index (χ0n) is 24.0. The van der Waals surface area contributed by atoms with Crippen molar-refractivity contribution in [1.82, 2.24) is 0 Å². The molecular formula is C32H60O4. The van der Waals surface area contributed by atoms with Crippen LogP contribution >= 0.6 is 0 Å². The molecule has 0 radical (unpaired) electrons. The average molecular weight is 509 g/mol. The monoisotopic (exact) mass is 508 g/mol. The van der Waals surface area contributed by atoms with E-state index >= 15 is 0 Å². The molecule has 0 aliphatic rings. The zero-order chi connectivity index (χ0) is 26.4. The SMILES string of the molecule is CCC/C=C\CCCCCCCCOCC(CO)OC(=O)CCCCCCC/C=C\CCCCCC. The molecule has 1 N–H and O–H groups in total. The van der Waals surface area contributed by atoms with Gasteiger partial charge in [0.25, 0.3) is 0 Å². The van der Waals surface area contributed by atoms with Crippen molar-refractivity contribution < 1.29 is 19.4 Å². The van der Waals surface area contributed by atoms with Gasteiger partial charge in [-0.15, -0.1) is 0 Å². The van der Waals surface area contributed by atoms with Gasteiger partial charge in [-0.05, 0) is 57.8 Å². The molecule has 0 aromatic rings. The molecule has 4 nitrogen and oxygen atoms in total. The van der Waals surface area contributed by atoms with E-state index in [9.17, 15) is 9.90 Å². The first-order valence-electron chi connectivity index (χ1n) is 15.4. The highest BCUT2D eigenvalue weighted by Gasteiger charge is 2.13. The van der Waals surface area contributed by atoms with E-state index in [1.54, 1.807) is 0 Å². The molecule has 0 saturated carbocycles. The number of unbranched alkanes of at least 4 members (excludes halogenated alkanes) is 16. The van der Waals surface area contributed by atoms with Gasteiger partial charge in [0.1, 0.15) is 6.10 Å². The van der Waals surface area contributed by atoms with Gasteiger partial charge in [0.05, 0.1) is 13.2 Å². The van der Waals surface area contributed by atoms with Crippen LogP contribution in [0.15, 0.2) is 24.3 Å². The fourth-order valence-electron chi connectivity index (χ4n) is 4.15. The number of allylic oxidation sites excluding steroid dienone is 4. The van der Waals surface area contributed by atoms with Crippen molar-refractivity contribution in [2.24, 2.45) is 0 Å². The van der Waals surface area contributed by atoms with Crippen molar-refractivity contribution >= 4 is 5.97 Å². The molecule has 0 amide bonds. The fourth-order valence-corrected chi connectivity index (χ4v) is 4.15. The normalized spacial score (nSPS) is 12.6. The molecule has 0 aliphatic heterocycles. The van der Waals surface area contributed by atoms with Crippen molar-refractivity contribution in [3.63, 3.8) is 0 Å². The maximum atomic E-state index is 12.0. The molecule has 0 fully saturated rings. The summed E-state index contributed by atoms with van der Waals surface area (Å²) in [5, 5.41) is 9.48. The maximum absolute atomic E-state index is 12.0. The summed E-state index contributed by atoms with van der Waals surface area (Å²) >= 11 is 0. The van der Waals surface area contributed by atoms with Crippen LogP contribution in [0.2, 0.25) is 0 Å². The molecule has 1 atom stereocenters. The average Bonchev–Trinajstić information content (AvgIpc) is 2.88. The van der Waals surface area contributed by atoms with Gasteiger partial charge in [-0.2, -0.15) is 0 Å². The second kappa shape index (κ2) is 30.1. The highest BCUT2D eigenvalue weighted by atomic mass is 16.6. The Hall–Kier alpha value is -1.13. The summed E-state index contributed by atoms with van der Waals surface area (Å²) in [7, 11) is 0. The highest BCUT2D eigenvalue weighted by molar-refractivity contribution is 5.69. The van der Waals surface area contributed by atoms with Crippen LogP contribution in [0.3, 0.4) is 0 Å². The van der Waals surface area contributed by atoms with E-state index in [2.05, 4.69) is 38.2 Å². The minimum Gasteiger partial charge on any atom is -0.457 e. The van der Waals surface area contributed by atoms with E-state index in [1.807, 2.05) is 0 Å². The Morgan fingerprint density at radius 1 is 0.639 bits per heavy atom. The van der Waals surface area contributed by atoms with Gasteiger partial charge in [-0.25, -0.2) is 0 Å². The Labute approximate surface area is 224 Å². The molecule has 36 heavy (non-hydrogen) atoms. The second-order valence-corrected chi connectivity index (χ2v) is 10.2. The predicted molar refractivity (Wildman–Crippen MR) is 154 cm³/mol. The number of carbonyl (C=O) groups is 1. The molecule has 0 rings (SSSR count). The topological polar surface area (TPSA) is 55.8 Å². The minimum atomic E-state index is -0.535. The molecule has 212 valence electrons. The lowest BCUT2D eigenvalue weighted by molar-refractivity contribution is -0.154. The van der Waals surface area contributed by atoms with E-state index < -0.39 is 6.10 Å². The standard InChI is InChI=1S/C32H60O4/c1-3-5-7-9-11-13-15-16-17-19-21-23-25-27-32(34)36-31(29-33)30-35-28-26-24-22-20-18-14-12-10-8-6-4-2/h8,10,13,15,31,33H,3-7,9,11-12,14,16-30H2,1-2H3/b10-8-,15-13-. The van der Waals surface area contributed by atoms with Crippen LogP contribution in [0.4, 0.5) is 0 Å². The van der Waals surface area contributed by atoms with E-state index in [4.69, 9.17) is 9.47 Å². The van der Waals surface area contributed by atoms with Crippen molar-refractivity contribution in [2.75, 3.05) is 19.8 Å². The summed E-state index contributed by atoms with van der Waals surface area (Å²) < 4.78 is 11.0. The van der Waals surface area contributed by atoms with E-state index in [0.717, 1.165) is 19.3 Å². The van der Waals surface area contributed by atoms with Crippen molar-refractivity contribution in [3.05, 3.63) is 24.3 Å². The largest absolute Gasteiger partial charge is 0.457 e. The lowest BCUT2D eigenvalue weighted by Crippen LogP contribution is -2.27. The Morgan fingerprint density at radius 2 is 1.14 bits per heavy atom. The number of esters is 1. The number of aliphatic hydroxyl groups is 1. The molecule has 4 heteroatoms. The van der Waals surface area contributed by atoms with Crippen LogP contribution in [0, 0.1) is 0 Å². The quantitative estimate of drug-likeness (QED) is 0.0650. The van der Waals surface area contributed by atoms with E-state index in [0.29, 0.717) is 19.6 Å². The fraction of sp³-hybridized carbons (Fsp3) is 0.844. The zero-order valence-corrected chi connectivity index (χ0v) is 24.0. The van der Waals surface area contributed by atoms with Crippen molar-refractivity contribution in [3.8, 4) is 0 Å². The number of carbonyl (C=O) groups excluding carboxylic acids is 1. The smallest absolute Gasteiger partial charge is 0.306 e. The summed E-state index contributed by atoms with van der Waals surface area (Å²) in [4.78, 5) is 12.0. The number of ether oxygens (including phenoxy) is 2. The number of aliphatic hydroxyl groups excluding tert-OH is 1. The third kappa shape index (κ3) is 27.5. The van der Waals surface area contributed by atoms with Gasteiger partial charge in [0.15, 0.2) is 0 Å². The number of rotatable bonds is 28. The summed E-state index contributed by atoms with van der Waals surface area (Å²) in [6.07, 6.45) is 33.4. The summed E-state index contributed by atoms with van der Waals surface area (Å²) in [5.74, 6) is -0.215. The van der Waals surface area contributed by atoms with Crippen LogP contribution in [-0.4, -0.2) is 37.0 Å². The summed E-state index contributed by atoms with van der Waals surface area (Å²) in [6, 6.07) is 0. The van der Waals surface area contributed by atoms with Gasteiger partial charge in [-0.3, -0.25) is 4.79 Å². The third-order valence-electron chi connectivity index (χ3n) is 6.48. The summed E-state index contributed by atoms with van der Waals surface area (Å²) in [6.45, 7) is 5.25. The molecule has 1 unspecified atom stereocenters. The molecule has 0 saturated heterocycles. The van der Waals surface area contributed by atoms with E-state index in [1.165, 1.54) is 109 Å². The maximum Gasteiger partial charge on any atom is 0.306 e. The molecule has 0 heterocycles. The first kappa shape index (κ1) is 34.9. The van der Waals surface area contributed by atoms with Crippen LogP contribution in [-0.2, 0) is 14.3 Å².